The van der Waals surface area contributed by atoms with Crippen molar-refractivity contribution in [2.45, 2.75) is 102 Å². The second kappa shape index (κ2) is 12.3. The lowest BCUT2D eigenvalue weighted by molar-refractivity contribution is -0.142. The van der Waals surface area contributed by atoms with Gasteiger partial charge in [0.05, 0.1) is 13.2 Å². The highest BCUT2D eigenvalue weighted by molar-refractivity contribution is 6.38. The topological polar surface area (TPSA) is 96.0 Å². The molecule has 3 aliphatic rings. The molecule has 3 rings (SSSR count). The van der Waals surface area contributed by atoms with Crippen molar-refractivity contribution >= 4 is 23.5 Å². The number of urea groups is 1. The number of carbonyl (C=O) groups is 4. The molecule has 3 amide bonds. The summed E-state index contributed by atoms with van der Waals surface area (Å²) < 4.78 is 5.41. The third-order valence-electron chi connectivity index (χ3n) is 7.04. The Labute approximate surface area is 191 Å². The van der Waals surface area contributed by atoms with Crippen molar-refractivity contribution in [3.63, 3.8) is 0 Å². The summed E-state index contributed by atoms with van der Waals surface area (Å²) in [6.45, 7) is 4.07. The minimum absolute atomic E-state index is 0.00926. The highest BCUT2D eigenvalue weighted by Crippen LogP contribution is 2.28. The van der Waals surface area contributed by atoms with E-state index in [1.165, 1.54) is 0 Å². The van der Waals surface area contributed by atoms with Gasteiger partial charge in [-0.05, 0) is 32.1 Å². The van der Waals surface area contributed by atoms with Crippen LogP contribution in [0.3, 0.4) is 0 Å². The Morgan fingerprint density at radius 2 is 1.72 bits per heavy atom. The largest absolute Gasteiger partial charge is 0.378 e. The first kappa shape index (κ1) is 24.7. The molecule has 1 saturated heterocycles. The molecule has 180 valence electrons. The smallest absolute Gasteiger partial charge is 0.321 e. The molecule has 32 heavy (non-hydrogen) atoms. The number of hydrogen-bond donors (Lipinski definition) is 1. The number of hydrogen-bond acceptors (Lipinski definition) is 5. The molecule has 0 bridgehead atoms. The zero-order valence-electron chi connectivity index (χ0n) is 19.5. The van der Waals surface area contributed by atoms with Crippen LogP contribution in [0.2, 0.25) is 0 Å². The third-order valence-corrected chi connectivity index (χ3v) is 7.04. The summed E-state index contributed by atoms with van der Waals surface area (Å²) in [6.07, 6.45) is 9.18. The molecule has 0 aromatic rings. The van der Waals surface area contributed by atoms with Crippen LogP contribution in [0.5, 0.6) is 0 Å². The fraction of sp³-hybridized carbons (Fsp3) is 0.833. The van der Waals surface area contributed by atoms with Crippen molar-refractivity contribution in [1.82, 2.24) is 15.1 Å². The molecule has 0 radical (unpaired) electrons. The SMILES string of the molecule is CCCC[C@@H](C(=O)C(=O)NC1CCC(=O)CC1)N(C(=O)N1CCOCC1)C1CCCCC1. The van der Waals surface area contributed by atoms with Crippen LogP contribution in [0.4, 0.5) is 4.79 Å². The average molecular weight is 450 g/mol. The molecule has 0 aromatic heterocycles. The highest BCUT2D eigenvalue weighted by atomic mass is 16.5. The molecule has 3 fully saturated rings. The van der Waals surface area contributed by atoms with Crippen LogP contribution in [0.1, 0.15) is 84.0 Å². The van der Waals surface area contributed by atoms with E-state index < -0.39 is 17.7 Å². The molecule has 2 saturated carbocycles. The van der Waals surface area contributed by atoms with E-state index in [0.717, 1.165) is 44.9 Å². The first-order valence-corrected chi connectivity index (χ1v) is 12.5. The lowest BCUT2D eigenvalue weighted by Crippen LogP contribution is -2.59. The van der Waals surface area contributed by atoms with E-state index in [2.05, 4.69) is 12.2 Å². The van der Waals surface area contributed by atoms with Gasteiger partial charge >= 0.3 is 6.03 Å². The fourth-order valence-corrected chi connectivity index (χ4v) is 5.11. The molecular weight excluding hydrogens is 410 g/mol. The monoisotopic (exact) mass is 449 g/mol. The number of Topliss-reactive ketones (excluding diaryl/α,β-unsaturated/α-hetero) is 2. The summed E-state index contributed by atoms with van der Waals surface area (Å²) in [5.74, 6) is -0.911. The van der Waals surface area contributed by atoms with Crippen LogP contribution in [-0.4, -0.2) is 77.7 Å². The van der Waals surface area contributed by atoms with E-state index in [-0.39, 0.29) is 23.9 Å². The number of carbonyl (C=O) groups excluding carboxylic acids is 4. The summed E-state index contributed by atoms with van der Waals surface area (Å²) in [5, 5.41) is 2.86. The van der Waals surface area contributed by atoms with Crippen molar-refractivity contribution in [3.05, 3.63) is 0 Å². The maximum Gasteiger partial charge on any atom is 0.321 e. The van der Waals surface area contributed by atoms with Gasteiger partial charge in [-0.1, -0.05) is 39.0 Å². The van der Waals surface area contributed by atoms with Crippen LogP contribution >= 0.6 is 0 Å². The number of unbranched alkanes of at least 4 members (excludes halogenated alkanes) is 1. The van der Waals surface area contributed by atoms with Gasteiger partial charge in [-0.3, -0.25) is 14.4 Å². The molecule has 0 aromatic carbocycles. The average Bonchev–Trinajstić information content (AvgIpc) is 2.83. The maximum atomic E-state index is 13.6. The molecular formula is C24H39N3O5. The first-order valence-electron chi connectivity index (χ1n) is 12.5. The highest BCUT2D eigenvalue weighted by Gasteiger charge is 2.40. The van der Waals surface area contributed by atoms with Crippen LogP contribution in [0, 0.1) is 0 Å². The summed E-state index contributed by atoms with van der Waals surface area (Å²) >= 11 is 0. The molecule has 2 aliphatic carbocycles. The minimum atomic E-state index is -0.737. The van der Waals surface area contributed by atoms with Gasteiger partial charge in [0.25, 0.3) is 5.91 Å². The quantitative estimate of drug-likeness (QED) is 0.575. The van der Waals surface area contributed by atoms with Gasteiger partial charge in [0.2, 0.25) is 5.78 Å². The second-order valence-corrected chi connectivity index (χ2v) is 9.39. The first-order chi connectivity index (χ1) is 15.5. The fourth-order valence-electron chi connectivity index (χ4n) is 5.11. The molecule has 8 heteroatoms. The number of amides is 3. The van der Waals surface area contributed by atoms with Gasteiger partial charge in [-0.15, -0.1) is 0 Å². The van der Waals surface area contributed by atoms with E-state index in [1.54, 1.807) is 9.80 Å². The van der Waals surface area contributed by atoms with Crippen LogP contribution in [-0.2, 0) is 19.1 Å². The van der Waals surface area contributed by atoms with Crippen molar-refractivity contribution in [1.29, 1.82) is 0 Å². The van der Waals surface area contributed by atoms with Crippen LogP contribution < -0.4 is 5.32 Å². The lowest BCUT2D eigenvalue weighted by atomic mass is 9.91. The Bertz CT molecular complexity index is 661. The number of nitrogens with zero attached hydrogens (tertiary/aromatic N) is 2. The zero-order chi connectivity index (χ0) is 22.9. The van der Waals surface area contributed by atoms with Gasteiger partial charge in [-0.2, -0.15) is 0 Å². The van der Waals surface area contributed by atoms with Crippen molar-refractivity contribution in [2.75, 3.05) is 26.3 Å². The normalized spacial score (nSPS) is 21.8. The Balaban J connectivity index is 1.78. The summed E-state index contributed by atoms with van der Waals surface area (Å²) in [5.41, 5.74) is 0. The Morgan fingerprint density at radius 1 is 1.06 bits per heavy atom. The predicted molar refractivity (Wildman–Crippen MR) is 120 cm³/mol. The van der Waals surface area contributed by atoms with Gasteiger partial charge < -0.3 is 19.9 Å². The molecule has 0 spiro atoms. The molecule has 1 atom stereocenters. The zero-order valence-corrected chi connectivity index (χ0v) is 19.5. The Hall–Kier alpha value is -1.96. The third kappa shape index (κ3) is 6.53. The summed E-state index contributed by atoms with van der Waals surface area (Å²) in [7, 11) is 0. The summed E-state index contributed by atoms with van der Waals surface area (Å²) in [6, 6.07) is -1.02. The molecule has 0 unspecified atom stereocenters. The van der Waals surface area contributed by atoms with E-state index in [1.807, 2.05) is 0 Å². The van der Waals surface area contributed by atoms with Crippen LogP contribution in [0.15, 0.2) is 0 Å². The van der Waals surface area contributed by atoms with Gasteiger partial charge in [-0.25, -0.2) is 4.79 Å². The van der Waals surface area contributed by atoms with Crippen LogP contribution in [0.25, 0.3) is 0 Å². The number of ketones is 2. The predicted octanol–water partition coefficient (Wildman–Crippen LogP) is 2.83. The Kier molecular flexibility index (Phi) is 9.51. The van der Waals surface area contributed by atoms with E-state index >= 15 is 0 Å². The summed E-state index contributed by atoms with van der Waals surface area (Å²) in [4.78, 5) is 55.1. The van der Waals surface area contributed by atoms with E-state index in [0.29, 0.717) is 58.4 Å². The lowest BCUT2D eigenvalue weighted by Gasteiger charge is -2.42. The van der Waals surface area contributed by atoms with Gasteiger partial charge in [0.15, 0.2) is 0 Å². The molecule has 1 N–H and O–H groups in total. The maximum absolute atomic E-state index is 13.6. The number of nitrogens with one attached hydrogen (secondary N) is 1. The van der Waals surface area contributed by atoms with Crippen molar-refractivity contribution in [2.24, 2.45) is 0 Å². The van der Waals surface area contributed by atoms with Gasteiger partial charge in [0, 0.05) is 38.0 Å². The molecule has 1 heterocycles. The molecule has 8 nitrogen and oxygen atoms in total. The number of rotatable bonds is 8. The standard InChI is InChI=1S/C24H39N3O5/c1-2-3-9-21(22(29)23(30)25-18-10-12-20(28)13-11-18)27(19-7-5-4-6-8-19)24(31)26-14-16-32-17-15-26/h18-19,21H,2-17H2,1H3,(H,25,30)/t21-/m0/s1. The number of ether oxygens (including phenoxy) is 1. The minimum Gasteiger partial charge on any atom is -0.378 e. The van der Waals surface area contributed by atoms with Crippen molar-refractivity contribution < 1.29 is 23.9 Å². The van der Waals surface area contributed by atoms with Crippen molar-refractivity contribution in [3.8, 4) is 0 Å². The van der Waals surface area contributed by atoms with E-state index in [9.17, 15) is 19.2 Å². The molecule has 1 aliphatic heterocycles. The second-order valence-electron chi connectivity index (χ2n) is 9.39. The van der Waals surface area contributed by atoms with Gasteiger partial charge in [0.1, 0.15) is 11.8 Å². The van der Waals surface area contributed by atoms with E-state index in [4.69, 9.17) is 4.74 Å². The Morgan fingerprint density at radius 3 is 2.34 bits per heavy atom. The number of morpholine rings is 1.